The Morgan fingerprint density at radius 2 is 1.74 bits per heavy atom. The summed E-state index contributed by atoms with van der Waals surface area (Å²) in [6, 6.07) is 2.62. The van der Waals surface area contributed by atoms with E-state index in [0.29, 0.717) is 12.5 Å². The lowest BCUT2D eigenvalue weighted by molar-refractivity contribution is 0.174. The number of benzene rings is 1. The summed E-state index contributed by atoms with van der Waals surface area (Å²) in [6.07, 6.45) is 14.0. The van der Waals surface area contributed by atoms with Crippen LogP contribution in [0.3, 0.4) is 0 Å². The van der Waals surface area contributed by atoms with E-state index in [1.807, 2.05) is 0 Å². The van der Waals surface area contributed by atoms with E-state index >= 15 is 0 Å². The molecule has 1 aromatic rings. The van der Waals surface area contributed by atoms with Crippen LogP contribution in [0.4, 0.5) is 0 Å². The van der Waals surface area contributed by atoms with E-state index in [1.54, 1.807) is 10.9 Å². The van der Waals surface area contributed by atoms with Gasteiger partial charge in [0, 0.05) is 11.3 Å². The predicted molar refractivity (Wildman–Crippen MR) is 119 cm³/mol. The zero-order chi connectivity index (χ0) is 18.9. The summed E-state index contributed by atoms with van der Waals surface area (Å²) in [5, 5.41) is 3.07. The maximum atomic E-state index is 6.76. The van der Waals surface area contributed by atoms with E-state index in [1.165, 1.54) is 81.5 Å². The van der Waals surface area contributed by atoms with Crippen LogP contribution < -0.4 is 14.8 Å². The van der Waals surface area contributed by atoms with Gasteiger partial charge in [-0.05, 0) is 66.7 Å². The summed E-state index contributed by atoms with van der Waals surface area (Å²) in [6.45, 7) is 4.94. The molecule has 0 bridgehead atoms. The molecule has 0 radical (unpaired) electrons. The molecule has 0 saturated heterocycles. The molecule has 0 N–H and O–H groups in total. The molecule has 148 valence electrons. The fourth-order valence-corrected chi connectivity index (χ4v) is 11.3. The van der Waals surface area contributed by atoms with E-state index < -0.39 is 6.04 Å². The Balaban J connectivity index is 1.89. The Labute approximate surface area is 169 Å². The van der Waals surface area contributed by atoms with E-state index in [4.69, 9.17) is 21.3 Å². The summed E-state index contributed by atoms with van der Waals surface area (Å²) in [7, 11) is 0. The fourth-order valence-electron chi connectivity index (χ4n) is 5.16. The van der Waals surface area contributed by atoms with Gasteiger partial charge in [-0.2, -0.15) is 0 Å². The number of fused-ring (bicyclic) bond motifs is 3. The van der Waals surface area contributed by atoms with Crippen molar-refractivity contribution < 1.29 is 9.47 Å². The first kappa shape index (κ1) is 19.5. The van der Waals surface area contributed by atoms with Gasteiger partial charge in [0.2, 0.25) is 6.79 Å². The highest BCUT2D eigenvalue weighted by Crippen LogP contribution is 2.70. The van der Waals surface area contributed by atoms with Crippen LogP contribution in [0.1, 0.15) is 90.0 Å². The SMILES string of the molecule is CCCCC1=C(CCCC)P(=S)(C2CCCCC2)c2c1ccc1c2OCO1. The summed E-state index contributed by atoms with van der Waals surface area (Å²) < 4.78 is 11.8. The van der Waals surface area contributed by atoms with E-state index in [-0.39, 0.29) is 0 Å². The normalized spacial score (nSPS) is 24.5. The molecule has 4 rings (SSSR count). The van der Waals surface area contributed by atoms with Crippen molar-refractivity contribution in [1.29, 1.82) is 0 Å². The topological polar surface area (TPSA) is 18.5 Å². The average Bonchev–Trinajstić information content (AvgIpc) is 3.27. The maximum absolute atomic E-state index is 6.76. The van der Waals surface area contributed by atoms with Gasteiger partial charge in [-0.3, -0.25) is 0 Å². The lowest BCUT2D eigenvalue weighted by Crippen LogP contribution is -2.21. The third-order valence-electron chi connectivity index (χ3n) is 6.56. The summed E-state index contributed by atoms with van der Waals surface area (Å²) >= 11 is 6.76. The quantitative estimate of drug-likeness (QED) is 0.458. The molecule has 0 aromatic heterocycles. The molecule has 3 aliphatic rings. The van der Waals surface area contributed by atoms with Crippen molar-refractivity contribution in [3.63, 3.8) is 0 Å². The number of hydrogen-bond donors (Lipinski definition) is 0. The first-order chi connectivity index (χ1) is 13.2. The van der Waals surface area contributed by atoms with E-state index in [0.717, 1.165) is 11.5 Å². The van der Waals surface area contributed by atoms with Gasteiger partial charge in [-0.15, -0.1) is 0 Å². The van der Waals surface area contributed by atoms with Crippen molar-refractivity contribution >= 4 is 28.7 Å². The minimum Gasteiger partial charge on any atom is -0.454 e. The lowest BCUT2D eigenvalue weighted by atomic mass is 9.98. The summed E-state index contributed by atoms with van der Waals surface area (Å²) in [5.74, 6) is 1.92. The van der Waals surface area contributed by atoms with Gasteiger partial charge in [-0.25, -0.2) is 0 Å². The number of ether oxygens (including phenoxy) is 2. The Morgan fingerprint density at radius 3 is 2.48 bits per heavy atom. The molecule has 1 saturated carbocycles. The van der Waals surface area contributed by atoms with Crippen LogP contribution in [0.5, 0.6) is 11.5 Å². The van der Waals surface area contributed by atoms with Gasteiger partial charge >= 0.3 is 0 Å². The monoisotopic (exact) mass is 404 g/mol. The zero-order valence-corrected chi connectivity index (χ0v) is 18.6. The van der Waals surface area contributed by atoms with Gasteiger partial charge in [0.25, 0.3) is 0 Å². The molecular weight excluding hydrogens is 371 g/mol. The second kappa shape index (κ2) is 8.29. The minimum absolute atomic E-state index is 0.348. The largest absolute Gasteiger partial charge is 0.454 e. The second-order valence-electron chi connectivity index (χ2n) is 8.28. The number of unbranched alkanes of at least 4 members (excludes halogenated alkanes) is 2. The molecule has 2 aliphatic heterocycles. The molecule has 2 heterocycles. The van der Waals surface area contributed by atoms with Crippen LogP contribution in [0, 0.1) is 0 Å². The first-order valence-electron chi connectivity index (χ1n) is 11.0. The smallest absolute Gasteiger partial charge is 0.231 e. The number of rotatable bonds is 7. The molecule has 0 spiro atoms. The highest BCUT2D eigenvalue weighted by Gasteiger charge is 2.45. The van der Waals surface area contributed by atoms with Crippen LogP contribution >= 0.6 is 6.04 Å². The molecule has 0 amide bonds. The van der Waals surface area contributed by atoms with Crippen molar-refractivity contribution in [2.75, 3.05) is 6.79 Å². The first-order valence-corrected chi connectivity index (χ1v) is 13.8. The standard InChI is InChI=1S/C23H33O2PS/c1-3-5-12-18-19-14-15-20-22(25-16-24-20)23(19)26(27,21(18)13-6-4-2)17-10-8-7-9-11-17/h14-15,17H,3-13,16H2,1-2H3. The number of allylic oxidation sites excluding steroid dienone is 2. The van der Waals surface area contributed by atoms with Crippen LogP contribution in [-0.4, -0.2) is 12.5 Å². The van der Waals surface area contributed by atoms with Crippen LogP contribution in [0.2, 0.25) is 0 Å². The third-order valence-corrected chi connectivity index (χ3v) is 12.6. The number of hydrogen-bond acceptors (Lipinski definition) is 3. The van der Waals surface area contributed by atoms with Crippen molar-refractivity contribution in [2.24, 2.45) is 0 Å². The molecular formula is C23H33O2PS. The molecule has 1 fully saturated rings. The fraction of sp³-hybridized carbons (Fsp3) is 0.652. The second-order valence-corrected chi connectivity index (χ2v) is 13.0. The van der Waals surface area contributed by atoms with Crippen molar-refractivity contribution in [3.05, 3.63) is 23.0 Å². The Morgan fingerprint density at radius 1 is 1.00 bits per heavy atom. The van der Waals surface area contributed by atoms with Crippen LogP contribution in [0.15, 0.2) is 17.4 Å². The maximum Gasteiger partial charge on any atom is 0.231 e. The highest BCUT2D eigenvalue weighted by molar-refractivity contribution is 8.21. The van der Waals surface area contributed by atoms with Crippen molar-refractivity contribution in [1.82, 2.24) is 0 Å². The molecule has 27 heavy (non-hydrogen) atoms. The molecule has 1 atom stereocenters. The Hall–Kier alpha value is -0.790. The summed E-state index contributed by atoms with van der Waals surface area (Å²) in [5.41, 5.74) is 3.68. The molecule has 1 aliphatic carbocycles. The molecule has 1 unspecified atom stereocenters. The van der Waals surface area contributed by atoms with Crippen LogP contribution in [0.25, 0.3) is 5.57 Å². The lowest BCUT2D eigenvalue weighted by Gasteiger charge is -2.34. The van der Waals surface area contributed by atoms with Gasteiger partial charge < -0.3 is 9.47 Å². The summed E-state index contributed by atoms with van der Waals surface area (Å²) in [4.78, 5) is 0. The highest BCUT2D eigenvalue weighted by atomic mass is 32.4. The zero-order valence-electron chi connectivity index (χ0n) is 16.9. The van der Waals surface area contributed by atoms with Gasteiger partial charge in [0.1, 0.15) is 0 Å². The molecule has 1 aromatic carbocycles. The van der Waals surface area contributed by atoms with Gasteiger partial charge in [0.15, 0.2) is 11.5 Å². The van der Waals surface area contributed by atoms with E-state index in [2.05, 4.69) is 26.0 Å². The van der Waals surface area contributed by atoms with Crippen molar-refractivity contribution in [2.45, 2.75) is 90.1 Å². The molecule has 4 heteroatoms. The predicted octanol–water partition coefficient (Wildman–Crippen LogP) is 6.96. The minimum atomic E-state index is -1.80. The van der Waals surface area contributed by atoms with Gasteiger partial charge in [0.05, 0.1) is 0 Å². The molecule has 2 nitrogen and oxygen atoms in total. The Kier molecular flexibility index (Phi) is 6.00. The average molecular weight is 405 g/mol. The van der Waals surface area contributed by atoms with Gasteiger partial charge in [-0.1, -0.05) is 63.8 Å². The third kappa shape index (κ3) is 3.29. The Bertz CT molecular complexity index is 777. The van der Waals surface area contributed by atoms with E-state index in [9.17, 15) is 0 Å². The van der Waals surface area contributed by atoms with Crippen LogP contribution in [-0.2, 0) is 11.8 Å². The van der Waals surface area contributed by atoms with Crippen molar-refractivity contribution in [3.8, 4) is 11.5 Å².